The molecule has 0 aliphatic rings. The first-order valence-electron chi connectivity index (χ1n) is 6.87. The molecule has 0 heterocycles. The Balaban J connectivity index is 2.53. The van der Waals surface area contributed by atoms with E-state index in [1.807, 2.05) is 19.1 Å². The van der Waals surface area contributed by atoms with E-state index in [-0.39, 0.29) is 6.29 Å². The largest absolute Gasteiger partial charge is 0.481 e. The van der Waals surface area contributed by atoms with E-state index in [1.165, 1.54) is 0 Å². The molecular formula is C13H21N4O4P. The van der Waals surface area contributed by atoms with E-state index in [1.54, 1.807) is 19.1 Å². The Morgan fingerprint density at radius 1 is 1.41 bits per heavy atom. The third-order valence-corrected chi connectivity index (χ3v) is 3.72. The molecule has 3 N–H and O–H groups in total. The lowest BCUT2D eigenvalue weighted by atomic mass is 10.1. The second-order valence-corrected chi connectivity index (χ2v) is 6.68. The van der Waals surface area contributed by atoms with Crippen molar-refractivity contribution in [2.75, 3.05) is 12.8 Å². The number of benzene rings is 1. The minimum Gasteiger partial charge on any atom is -0.481 e. The summed E-state index contributed by atoms with van der Waals surface area (Å²) in [5.41, 5.74) is 8.64. The number of rotatable bonds is 9. The SMILES string of the molecule is CC[C@](C)(N=[N+]=[N-])Oc1ccc(CCNCP(=O)(O)O)cc1. The first-order valence-corrected chi connectivity index (χ1v) is 8.67. The van der Waals surface area contributed by atoms with Gasteiger partial charge in [0.25, 0.3) is 0 Å². The van der Waals surface area contributed by atoms with Crippen LogP contribution in [-0.4, -0.2) is 28.3 Å². The van der Waals surface area contributed by atoms with E-state index in [9.17, 15) is 4.57 Å². The fourth-order valence-electron chi connectivity index (χ4n) is 1.69. The molecule has 9 heteroatoms. The van der Waals surface area contributed by atoms with Crippen molar-refractivity contribution in [3.63, 3.8) is 0 Å². The maximum Gasteiger partial charge on any atom is 0.339 e. The smallest absolute Gasteiger partial charge is 0.339 e. The number of ether oxygens (including phenoxy) is 1. The van der Waals surface area contributed by atoms with E-state index >= 15 is 0 Å². The lowest BCUT2D eigenvalue weighted by Crippen LogP contribution is -2.28. The van der Waals surface area contributed by atoms with Crippen LogP contribution in [0.15, 0.2) is 29.4 Å². The molecule has 1 atom stereocenters. The molecule has 1 aromatic carbocycles. The van der Waals surface area contributed by atoms with Crippen LogP contribution in [0.5, 0.6) is 5.75 Å². The van der Waals surface area contributed by atoms with Crippen molar-refractivity contribution in [2.45, 2.75) is 32.4 Å². The molecule has 1 rings (SSSR count). The molecule has 0 radical (unpaired) electrons. The average Bonchev–Trinajstić information content (AvgIpc) is 2.44. The topological polar surface area (TPSA) is 128 Å². The Bertz CT molecular complexity index is 568. The summed E-state index contributed by atoms with van der Waals surface area (Å²) in [5, 5.41) is 6.35. The predicted molar refractivity (Wildman–Crippen MR) is 83.5 cm³/mol. The van der Waals surface area contributed by atoms with Crippen molar-refractivity contribution in [3.8, 4) is 5.75 Å². The lowest BCUT2D eigenvalue weighted by molar-refractivity contribution is 0.0921. The quantitative estimate of drug-likeness (QED) is 0.211. The summed E-state index contributed by atoms with van der Waals surface area (Å²) in [4.78, 5) is 20.2. The molecule has 0 aliphatic carbocycles. The lowest BCUT2D eigenvalue weighted by Gasteiger charge is -2.24. The van der Waals surface area contributed by atoms with Crippen LogP contribution in [0.4, 0.5) is 0 Å². The Labute approximate surface area is 129 Å². The summed E-state index contributed by atoms with van der Waals surface area (Å²) in [6, 6.07) is 7.28. The normalized spacial score (nSPS) is 14.0. The highest BCUT2D eigenvalue weighted by Crippen LogP contribution is 2.31. The van der Waals surface area contributed by atoms with Gasteiger partial charge in [-0.2, -0.15) is 0 Å². The summed E-state index contributed by atoms with van der Waals surface area (Å²) in [5.74, 6) is 0.601. The minimum absolute atomic E-state index is 0.324. The molecule has 0 saturated carbocycles. The molecule has 0 spiro atoms. The molecule has 22 heavy (non-hydrogen) atoms. The van der Waals surface area contributed by atoms with Gasteiger partial charge >= 0.3 is 7.60 Å². The molecule has 8 nitrogen and oxygen atoms in total. The van der Waals surface area contributed by atoms with Crippen LogP contribution in [0, 0.1) is 0 Å². The van der Waals surface area contributed by atoms with Crippen LogP contribution in [-0.2, 0) is 11.0 Å². The summed E-state index contributed by atoms with van der Waals surface area (Å²) < 4.78 is 16.4. The van der Waals surface area contributed by atoms with E-state index in [2.05, 4.69) is 15.3 Å². The number of nitrogens with zero attached hydrogens (tertiary/aromatic N) is 3. The molecule has 0 saturated heterocycles. The monoisotopic (exact) mass is 328 g/mol. The Hall–Kier alpha value is -1.56. The third kappa shape index (κ3) is 6.93. The van der Waals surface area contributed by atoms with Crippen LogP contribution in [0.25, 0.3) is 10.4 Å². The van der Waals surface area contributed by atoms with Gasteiger partial charge in [-0.15, -0.1) is 0 Å². The number of hydrogen-bond donors (Lipinski definition) is 3. The van der Waals surface area contributed by atoms with Gasteiger partial charge in [0.2, 0.25) is 0 Å². The average molecular weight is 328 g/mol. The zero-order valence-electron chi connectivity index (χ0n) is 12.6. The van der Waals surface area contributed by atoms with Gasteiger partial charge in [-0.05, 0) is 54.7 Å². The predicted octanol–water partition coefficient (Wildman–Crippen LogP) is 2.77. The van der Waals surface area contributed by atoms with Crippen LogP contribution in [0.3, 0.4) is 0 Å². The zero-order valence-corrected chi connectivity index (χ0v) is 13.5. The molecule has 122 valence electrons. The molecule has 0 aromatic heterocycles. The van der Waals surface area contributed by atoms with Crippen molar-refractivity contribution in [1.82, 2.24) is 5.32 Å². The number of hydrogen-bond acceptors (Lipinski definition) is 4. The van der Waals surface area contributed by atoms with Gasteiger partial charge in [0.05, 0.1) is 6.29 Å². The van der Waals surface area contributed by atoms with Gasteiger partial charge in [0, 0.05) is 4.91 Å². The summed E-state index contributed by atoms with van der Waals surface area (Å²) >= 11 is 0. The van der Waals surface area contributed by atoms with Gasteiger partial charge in [-0.1, -0.05) is 19.1 Å². The van der Waals surface area contributed by atoms with Gasteiger partial charge in [-0.25, -0.2) is 0 Å². The van der Waals surface area contributed by atoms with E-state index in [4.69, 9.17) is 20.1 Å². The molecule has 0 amide bonds. The molecule has 0 aliphatic heterocycles. The van der Waals surface area contributed by atoms with E-state index < -0.39 is 13.3 Å². The van der Waals surface area contributed by atoms with Gasteiger partial charge in [0.1, 0.15) is 5.75 Å². The highest BCUT2D eigenvalue weighted by Gasteiger charge is 2.22. The van der Waals surface area contributed by atoms with Crippen molar-refractivity contribution >= 4 is 7.60 Å². The first-order chi connectivity index (χ1) is 10.3. The molecule has 0 unspecified atom stereocenters. The third-order valence-electron chi connectivity index (χ3n) is 3.08. The van der Waals surface area contributed by atoms with Crippen LogP contribution in [0.2, 0.25) is 0 Å². The Morgan fingerprint density at radius 2 is 2.05 bits per heavy atom. The minimum atomic E-state index is -4.00. The second kappa shape index (κ2) is 8.17. The van der Waals surface area contributed by atoms with Crippen LogP contribution >= 0.6 is 7.60 Å². The van der Waals surface area contributed by atoms with Gasteiger partial charge in [-0.3, -0.25) is 4.57 Å². The standard InChI is InChI=1S/C13H21N4O4P/c1-3-13(2,16-17-14)21-12-6-4-11(5-7-12)8-9-15-10-22(18,19)20/h4-7,15H,3,8-10H2,1-2H3,(H2,18,19,20)/t13-/m1/s1. The van der Waals surface area contributed by atoms with E-state index in [0.29, 0.717) is 25.1 Å². The van der Waals surface area contributed by atoms with E-state index in [0.717, 1.165) is 5.56 Å². The Kier molecular flexibility index (Phi) is 6.87. The number of azide groups is 1. The maximum absolute atomic E-state index is 10.7. The highest BCUT2D eigenvalue weighted by atomic mass is 31.2. The molecule has 1 aromatic rings. The second-order valence-electron chi connectivity index (χ2n) is 5.04. The highest BCUT2D eigenvalue weighted by molar-refractivity contribution is 7.51. The maximum atomic E-state index is 10.7. The van der Waals surface area contributed by atoms with Crippen molar-refractivity contribution in [1.29, 1.82) is 0 Å². The first kappa shape index (κ1) is 18.5. The van der Waals surface area contributed by atoms with Crippen LogP contribution < -0.4 is 10.1 Å². The van der Waals surface area contributed by atoms with Crippen molar-refractivity contribution in [2.24, 2.45) is 5.11 Å². The fraction of sp³-hybridized carbons (Fsp3) is 0.538. The van der Waals surface area contributed by atoms with Crippen LogP contribution in [0.1, 0.15) is 25.8 Å². The Morgan fingerprint density at radius 3 is 2.55 bits per heavy atom. The fourth-order valence-corrected chi connectivity index (χ4v) is 2.14. The summed E-state index contributed by atoms with van der Waals surface area (Å²) in [6.07, 6.45) is 0.863. The number of nitrogens with one attached hydrogen (secondary N) is 1. The summed E-state index contributed by atoms with van der Waals surface area (Å²) in [6.45, 7) is 4.05. The molecule has 0 fully saturated rings. The van der Waals surface area contributed by atoms with Crippen molar-refractivity contribution in [3.05, 3.63) is 40.3 Å². The molecular weight excluding hydrogens is 307 g/mol. The van der Waals surface area contributed by atoms with Crippen molar-refractivity contribution < 1.29 is 19.1 Å². The molecule has 0 bridgehead atoms. The van der Waals surface area contributed by atoms with Gasteiger partial charge < -0.3 is 19.8 Å². The zero-order chi connectivity index (χ0) is 16.6. The summed E-state index contributed by atoms with van der Waals surface area (Å²) in [7, 11) is -4.00. The van der Waals surface area contributed by atoms with Gasteiger partial charge in [0.15, 0.2) is 5.72 Å².